The number of carbonyl (C=O) groups is 2. The van der Waals surface area contributed by atoms with E-state index in [9.17, 15) is 18.0 Å². The fourth-order valence-electron chi connectivity index (χ4n) is 5.88. The Hall–Kier alpha value is -3.48. The molecule has 2 fully saturated rings. The van der Waals surface area contributed by atoms with Crippen LogP contribution >= 0.6 is 11.6 Å². The van der Waals surface area contributed by atoms with Crippen LogP contribution in [-0.2, 0) is 25.5 Å². The number of halogens is 3. The molecule has 1 aliphatic carbocycles. The Balaban J connectivity index is 1.36. The zero-order chi connectivity index (χ0) is 34.0. The monoisotopic (exact) mass is 691 g/mol. The van der Waals surface area contributed by atoms with Crippen LogP contribution in [0.4, 0.5) is 13.6 Å². The molecule has 0 aromatic heterocycles. The number of rotatable bonds is 9. The molecule has 47 heavy (non-hydrogen) atoms. The highest BCUT2D eigenvalue weighted by atomic mass is 35.5. The van der Waals surface area contributed by atoms with Crippen molar-refractivity contribution in [2.45, 2.75) is 93.9 Å². The number of sulfonamides is 1. The molecule has 254 valence electrons. The highest BCUT2D eigenvalue weighted by Gasteiger charge is 2.50. The Morgan fingerprint density at radius 3 is 2.17 bits per heavy atom. The largest absolute Gasteiger partial charge is 0.490 e. The number of hydrogen-bond acceptors (Lipinski definition) is 6. The summed E-state index contributed by atoms with van der Waals surface area (Å²) in [5.41, 5.74) is -1.27. The van der Waals surface area contributed by atoms with Crippen LogP contribution in [0.1, 0.15) is 64.9 Å². The molecule has 1 saturated carbocycles. The van der Waals surface area contributed by atoms with Gasteiger partial charge in [0.15, 0.2) is 6.04 Å². The lowest BCUT2D eigenvalue weighted by Crippen LogP contribution is -2.58. The molecule has 1 unspecified atom stereocenters. The number of nitrogens with one attached hydrogen (secondary N) is 2. The summed E-state index contributed by atoms with van der Waals surface area (Å²) in [5.74, 6) is -4.35. The van der Waals surface area contributed by atoms with E-state index in [1.54, 1.807) is 39.0 Å². The van der Waals surface area contributed by atoms with E-state index >= 15 is 8.78 Å². The smallest absolute Gasteiger partial charge is 0.407 e. The molecule has 2 N–H and O–H groups in total. The zero-order valence-corrected chi connectivity index (χ0v) is 28.2. The number of fused-ring (bicyclic) bond motifs is 1. The number of ether oxygens (including phenoxy) is 2. The Morgan fingerprint density at radius 1 is 0.915 bits per heavy atom. The predicted octanol–water partition coefficient (Wildman–Crippen LogP) is 6.77. The zero-order valence-electron chi connectivity index (χ0n) is 26.6. The van der Waals surface area contributed by atoms with Crippen molar-refractivity contribution < 1.29 is 36.3 Å². The van der Waals surface area contributed by atoms with Crippen molar-refractivity contribution in [1.82, 2.24) is 14.9 Å². The number of carbonyl (C=O) groups excluding carboxylic acids is 2. The SMILES string of the molecule is CC(C)(C)OC(=O)NC1CCN(C(=O)C(NS(=O)(=O)c2ccc3cc(OC4CCCC4)ccc3c2)C(F)(F)c2ccc(Cl)cc2)CC1. The summed E-state index contributed by atoms with van der Waals surface area (Å²) in [6.07, 6.45) is 4.30. The number of alkyl carbamates (subject to hydrolysis) is 1. The number of alkyl halides is 2. The topological polar surface area (TPSA) is 114 Å². The summed E-state index contributed by atoms with van der Waals surface area (Å²) in [5, 5.41) is 4.24. The van der Waals surface area contributed by atoms with E-state index < -0.39 is 45.2 Å². The average molecular weight is 692 g/mol. The molecule has 3 aromatic carbocycles. The second-order valence-electron chi connectivity index (χ2n) is 13.1. The van der Waals surface area contributed by atoms with Gasteiger partial charge in [-0.15, -0.1) is 0 Å². The van der Waals surface area contributed by atoms with E-state index in [4.69, 9.17) is 21.1 Å². The minimum Gasteiger partial charge on any atom is -0.490 e. The molecule has 1 heterocycles. The van der Waals surface area contributed by atoms with Crippen molar-refractivity contribution in [2.24, 2.45) is 0 Å². The van der Waals surface area contributed by atoms with Crippen LogP contribution in [0.3, 0.4) is 0 Å². The van der Waals surface area contributed by atoms with Gasteiger partial charge in [-0.2, -0.15) is 13.5 Å². The van der Waals surface area contributed by atoms with Crippen LogP contribution < -0.4 is 14.8 Å². The van der Waals surface area contributed by atoms with Crippen molar-refractivity contribution in [3.8, 4) is 5.75 Å². The molecular weight excluding hydrogens is 652 g/mol. The lowest BCUT2D eigenvalue weighted by atomic mass is 9.98. The van der Waals surface area contributed by atoms with Gasteiger partial charge in [-0.1, -0.05) is 35.9 Å². The number of nitrogens with zero attached hydrogens (tertiary/aromatic N) is 1. The van der Waals surface area contributed by atoms with Gasteiger partial charge in [0.25, 0.3) is 5.92 Å². The molecule has 1 saturated heterocycles. The maximum atomic E-state index is 16.2. The molecule has 5 rings (SSSR count). The number of amides is 2. The van der Waals surface area contributed by atoms with Gasteiger partial charge in [0.2, 0.25) is 15.9 Å². The van der Waals surface area contributed by atoms with Crippen LogP contribution in [0.5, 0.6) is 5.75 Å². The molecule has 0 spiro atoms. The van der Waals surface area contributed by atoms with E-state index in [1.165, 1.54) is 29.2 Å². The van der Waals surface area contributed by atoms with Crippen LogP contribution in [-0.4, -0.2) is 62.2 Å². The first-order chi connectivity index (χ1) is 22.1. The minimum absolute atomic E-state index is 0.0233. The van der Waals surface area contributed by atoms with Gasteiger partial charge in [0.05, 0.1) is 11.0 Å². The third-order valence-electron chi connectivity index (χ3n) is 8.34. The van der Waals surface area contributed by atoms with Crippen LogP contribution in [0, 0.1) is 0 Å². The van der Waals surface area contributed by atoms with Crippen LogP contribution in [0.2, 0.25) is 5.02 Å². The normalized spacial score (nSPS) is 17.4. The van der Waals surface area contributed by atoms with E-state index in [1.807, 2.05) is 10.8 Å². The second kappa shape index (κ2) is 13.9. The van der Waals surface area contributed by atoms with Gasteiger partial charge < -0.3 is 19.7 Å². The molecule has 0 bridgehead atoms. The van der Waals surface area contributed by atoms with Crippen LogP contribution in [0.25, 0.3) is 10.8 Å². The van der Waals surface area contributed by atoms with Gasteiger partial charge in [-0.3, -0.25) is 4.79 Å². The summed E-state index contributed by atoms with van der Waals surface area (Å²) in [4.78, 5) is 26.9. The molecule has 2 aliphatic rings. The van der Waals surface area contributed by atoms with E-state index in [2.05, 4.69) is 5.32 Å². The van der Waals surface area contributed by atoms with E-state index in [0.717, 1.165) is 43.2 Å². The number of benzene rings is 3. The predicted molar refractivity (Wildman–Crippen MR) is 175 cm³/mol. The Kier molecular flexibility index (Phi) is 10.3. The Morgan fingerprint density at radius 2 is 1.53 bits per heavy atom. The highest BCUT2D eigenvalue weighted by molar-refractivity contribution is 7.89. The first kappa shape index (κ1) is 34.8. The quantitative estimate of drug-likeness (QED) is 0.256. The van der Waals surface area contributed by atoms with Crippen molar-refractivity contribution in [3.63, 3.8) is 0 Å². The maximum absolute atomic E-state index is 16.2. The van der Waals surface area contributed by atoms with Crippen molar-refractivity contribution in [3.05, 3.63) is 71.2 Å². The number of likely N-dealkylation sites (tertiary alicyclic amines) is 1. The third kappa shape index (κ3) is 8.71. The first-order valence-electron chi connectivity index (χ1n) is 15.8. The molecule has 13 heteroatoms. The van der Waals surface area contributed by atoms with Gasteiger partial charge >= 0.3 is 6.09 Å². The lowest BCUT2D eigenvalue weighted by molar-refractivity contribution is -0.145. The minimum atomic E-state index is -4.62. The van der Waals surface area contributed by atoms with Gasteiger partial charge in [0, 0.05) is 29.7 Å². The lowest BCUT2D eigenvalue weighted by Gasteiger charge is -2.36. The highest BCUT2D eigenvalue weighted by Crippen LogP contribution is 2.35. The summed E-state index contributed by atoms with van der Waals surface area (Å²) in [7, 11) is -4.62. The molecule has 2 amide bonds. The standard InChI is InChI=1S/C34H40ClF2N3O6S/c1-33(2,3)46-32(42)38-26-16-18-40(19-17-26)31(41)30(34(36,37)24-10-12-25(35)13-11-24)39-47(43,44)29-15-9-22-20-28(14-8-23(22)21-29)45-27-6-4-5-7-27/h8-15,20-21,26-27,30,39H,4-7,16-19H2,1-3H3,(H,38,42). The van der Waals surface area contributed by atoms with Gasteiger partial charge in [-0.25, -0.2) is 13.2 Å². The van der Waals surface area contributed by atoms with Gasteiger partial charge in [0.1, 0.15) is 11.4 Å². The Labute approximate surface area is 279 Å². The summed E-state index contributed by atoms with van der Waals surface area (Å²) < 4.78 is 73.1. The molecular formula is C34H40ClF2N3O6S. The molecule has 3 aromatic rings. The van der Waals surface area contributed by atoms with Crippen molar-refractivity contribution >= 4 is 44.4 Å². The van der Waals surface area contributed by atoms with E-state index in [-0.39, 0.29) is 48.0 Å². The molecule has 9 nitrogen and oxygen atoms in total. The summed E-state index contributed by atoms with van der Waals surface area (Å²) >= 11 is 5.92. The third-order valence-corrected chi connectivity index (χ3v) is 10.0. The van der Waals surface area contributed by atoms with E-state index in [0.29, 0.717) is 11.1 Å². The first-order valence-corrected chi connectivity index (χ1v) is 17.6. The fourth-order valence-corrected chi connectivity index (χ4v) is 7.23. The maximum Gasteiger partial charge on any atom is 0.407 e. The summed E-state index contributed by atoms with van der Waals surface area (Å²) in [6, 6.07) is 11.4. The molecule has 0 radical (unpaired) electrons. The van der Waals surface area contributed by atoms with Crippen LogP contribution in [0.15, 0.2) is 65.6 Å². The van der Waals surface area contributed by atoms with Crippen molar-refractivity contribution in [2.75, 3.05) is 13.1 Å². The number of piperidine rings is 1. The second-order valence-corrected chi connectivity index (χ2v) is 15.3. The Bertz CT molecular complexity index is 1700. The van der Waals surface area contributed by atoms with Gasteiger partial charge in [-0.05, 0) is 106 Å². The molecule has 1 atom stereocenters. The number of hydrogen-bond donors (Lipinski definition) is 2. The fraction of sp³-hybridized carbons (Fsp3) is 0.471. The van der Waals surface area contributed by atoms with Crippen molar-refractivity contribution in [1.29, 1.82) is 0 Å². The average Bonchev–Trinajstić information content (AvgIpc) is 3.52. The molecule has 1 aliphatic heterocycles. The summed E-state index contributed by atoms with van der Waals surface area (Å²) in [6.45, 7) is 5.24.